The second kappa shape index (κ2) is 11.5. The topological polar surface area (TPSA) is 146 Å². The van der Waals surface area contributed by atoms with Gasteiger partial charge in [-0.05, 0) is 18.4 Å². The van der Waals surface area contributed by atoms with Crippen LogP contribution in [0.2, 0.25) is 0 Å². The highest BCUT2D eigenvalue weighted by Gasteiger charge is 2.26. The highest BCUT2D eigenvalue weighted by Crippen LogP contribution is 2.37. The number of nitro groups is 1. The maximum atomic E-state index is 12.8. The lowest BCUT2D eigenvalue weighted by atomic mass is 10.1. The monoisotopic (exact) mass is 485 g/mol. The lowest BCUT2D eigenvalue weighted by Gasteiger charge is -2.27. The third-order valence-corrected chi connectivity index (χ3v) is 5.00. The first-order chi connectivity index (χ1) is 16.0. The van der Waals surface area contributed by atoms with Crippen LogP contribution in [0.15, 0.2) is 21.7 Å². The van der Waals surface area contributed by atoms with Gasteiger partial charge in [-0.25, -0.2) is 4.79 Å². The Morgan fingerprint density at radius 3 is 2.47 bits per heavy atom. The molecule has 0 aliphatic heterocycles. The number of aromatic nitrogens is 2. The number of benzene rings is 1. The molecule has 0 bridgehead atoms. The Hall–Kier alpha value is -3.64. The van der Waals surface area contributed by atoms with Gasteiger partial charge in [-0.2, -0.15) is 8.78 Å². The molecule has 13 heteroatoms. The average Bonchev–Trinajstić information content (AvgIpc) is 2.74. The SMILES string of the molecule is CCCCN(Cc1cc(OC)c(OC(F)F)cc1[N+](=O)[O-])c1c(N)n(CC(C)C)c(=O)[nH]c1=O. The van der Waals surface area contributed by atoms with E-state index in [9.17, 15) is 28.5 Å². The van der Waals surface area contributed by atoms with E-state index in [1.807, 2.05) is 20.8 Å². The molecule has 0 amide bonds. The number of alkyl halides is 2. The molecule has 1 aromatic heterocycles. The lowest BCUT2D eigenvalue weighted by molar-refractivity contribution is -0.385. The summed E-state index contributed by atoms with van der Waals surface area (Å²) in [5.74, 6) is -0.639. The Bertz CT molecular complexity index is 1130. The van der Waals surface area contributed by atoms with Gasteiger partial charge in [0, 0.05) is 13.1 Å². The fraction of sp³-hybridized carbons (Fsp3) is 0.524. The molecule has 0 unspecified atom stereocenters. The van der Waals surface area contributed by atoms with E-state index in [4.69, 9.17) is 10.5 Å². The van der Waals surface area contributed by atoms with Crippen molar-refractivity contribution in [1.29, 1.82) is 0 Å². The molecule has 0 atom stereocenters. The molecule has 0 saturated carbocycles. The second-order valence-corrected chi connectivity index (χ2v) is 8.04. The molecule has 0 aliphatic rings. The fourth-order valence-electron chi connectivity index (χ4n) is 3.49. The summed E-state index contributed by atoms with van der Waals surface area (Å²) in [5, 5.41) is 11.7. The van der Waals surface area contributed by atoms with Crippen molar-refractivity contribution in [3.63, 3.8) is 0 Å². The van der Waals surface area contributed by atoms with Crippen LogP contribution in [0.1, 0.15) is 39.2 Å². The maximum Gasteiger partial charge on any atom is 0.387 e. The number of H-pyrrole nitrogens is 1. The van der Waals surface area contributed by atoms with Gasteiger partial charge in [-0.3, -0.25) is 24.5 Å². The minimum atomic E-state index is -3.21. The van der Waals surface area contributed by atoms with Crippen LogP contribution in [0.25, 0.3) is 0 Å². The predicted molar refractivity (Wildman–Crippen MR) is 123 cm³/mol. The molecule has 0 fully saturated rings. The number of unbranched alkanes of at least 4 members (excludes halogenated alkanes) is 1. The molecule has 0 aliphatic carbocycles. The third kappa shape index (κ3) is 6.23. The molecular formula is C21H29F2N5O6. The number of aromatic amines is 1. The first-order valence-electron chi connectivity index (χ1n) is 10.7. The van der Waals surface area contributed by atoms with Gasteiger partial charge in [0.1, 0.15) is 11.5 Å². The van der Waals surface area contributed by atoms with Gasteiger partial charge in [0.2, 0.25) is 0 Å². The number of rotatable bonds is 12. The number of ether oxygens (including phenoxy) is 2. The zero-order chi connectivity index (χ0) is 25.6. The Balaban J connectivity index is 2.66. The summed E-state index contributed by atoms with van der Waals surface area (Å²) in [4.78, 5) is 39.8. The van der Waals surface area contributed by atoms with E-state index in [2.05, 4.69) is 9.72 Å². The first kappa shape index (κ1) is 26.6. The van der Waals surface area contributed by atoms with E-state index < -0.39 is 34.2 Å². The average molecular weight is 485 g/mol. The summed E-state index contributed by atoms with van der Waals surface area (Å²) in [5.41, 5.74) is 4.43. The molecule has 188 valence electrons. The van der Waals surface area contributed by atoms with Crippen molar-refractivity contribution in [2.45, 2.75) is 53.3 Å². The number of nitrogens with zero attached hydrogens (tertiary/aromatic N) is 3. The van der Waals surface area contributed by atoms with Gasteiger partial charge < -0.3 is 20.1 Å². The summed E-state index contributed by atoms with van der Waals surface area (Å²) in [6, 6.07) is 2.06. The zero-order valence-corrected chi connectivity index (χ0v) is 19.5. The van der Waals surface area contributed by atoms with Gasteiger partial charge in [0.05, 0.1) is 30.2 Å². The molecule has 1 aromatic carbocycles. The molecule has 0 saturated heterocycles. The van der Waals surface area contributed by atoms with Gasteiger partial charge in [0.15, 0.2) is 11.5 Å². The van der Waals surface area contributed by atoms with Gasteiger partial charge in [0.25, 0.3) is 11.2 Å². The smallest absolute Gasteiger partial charge is 0.387 e. The first-order valence-corrected chi connectivity index (χ1v) is 10.7. The van der Waals surface area contributed by atoms with Crippen molar-refractivity contribution < 1.29 is 23.2 Å². The molecule has 0 spiro atoms. The summed E-state index contributed by atoms with van der Waals surface area (Å²) in [6.45, 7) is 2.85. The van der Waals surface area contributed by atoms with Crippen molar-refractivity contribution in [2.75, 3.05) is 24.3 Å². The van der Waals surface area contributed by atoms with E-state index in [0.717, 1.165) is 12.5 Å². The lowest BCUT2D eigenvalue weighted by Crippen LogP contribution is -2.39. The minimum absolute atomic E-state index is 0.00475. The Morgan fingerprint density at radius 1 is 1.26 bits per heavy atom. The largest absolute Gasteiger partial charge is 0.493 e. The minimum Gasteiger partial charge on any atom is -0.493 e. The standard InChI is InChI=1S/C21H29F2N5O6/c1-5-6-7-26(17-18(24)27(10-12(2)3)21(30)25-19(17)29)11-13-8-15(33-4)16(34-20(22)23)9-14(13)28(31)32/h8-9,12,20H,5-7,10-11,24H2,1-4H3,(H,25,29,30). The molecule has 1 heterocycles. The predicted octanol–water partition coefficient (Wildman–Crippen LogP) is 3.10. The second-order valence-electron chi connectivity index (χ2n) is 8.04. The van der Waals surface area contributed by atoms with E-state index in [1.165, 1.54) is 22.6 Å². The molecule has 2 aromatic rings. The van der Waals surface area contributed by atoms with Gasteiger partial charge >= 0.3 is 12.3 Å². The summed E-state index contributed by atoms with van der Waals surface area (Å²) >= 11 is 0. The number of anilines is 2. The highest BCUT2D eigenvalue weighted by atomic mass is 19.3. The van der Waals surface area contributed by atoms with Crippen LogP contribution in [-0.2, 0) is 13.1 Å². The molecule has 3 N–H and O–H groups in total. The Labute approximate surface area is 194 Å². The van der Waals surface area contributed by atoms with Gasteiger partial charge in [-0.15, -0.1) is 0 Å². The van der Waals surface area contributed by atoms with Crippen LogP contribution in [0.3, 0.4) is 0 Å². The Kier molecular flexibility index (Phi) is 8.98. The van der Waals surface area contributed by atoms with Gasteiger partial charge in [-0.1, -0.05) is 27.2 Å². The van der Waals surface area contributed by atoms with Crippen molar-refractivity contribution >= 4 is 17.2 Å². The van der Waals surface area contributed by atoms with Crippen LogP contribution in [0, 0.1) is 16.0 Å². The molecule has 11 nitrogen and oxygen atoms in total. The highest BCUT2D eigenvalue weighted by molar-refractivity contribution is 5.64. The molecule has 0 radical (unpaired) electrons. The van der Waals surface area contributed by atoms with Crippen LogP contribution < -0.4 is 31.4 Å². The number of methoxy groups -OCH3 is 1. The quantitative estimate of drug-likeness (QED) is 0.344. The van der Waals surface area contributed by atoms with Crippen molar-refractivity contribution in [2.24, 2.45) is 5.92 Å². The normalized spacial score (nSPS) is 11.2. The Morgan fingerprint density at radius 2 is 1.94 bits per heavy atom. The number of nitrogens with two attached hydrogens (primary N) is 1. The van der Waals surface area contributed by atoms with E-state index >= 15 is 0 Å². The fourth-order valence-corrected chi connectivity index (χ4v) is 3.49. The van der Waals surface area contributed by atoms with Crippen LogP contribution in [0.5, 0.6) is 11.5 Å². The number of nitrogen functional groups attached to an aromatic ring is 1. The number of nitro benzene ring substituents is 1. The summed E-state index contributed by atoms with van der Waals surface area (Å²) in [7, 11) is 1.21. The maximum absolute atomic E-state index is 12.8. The zero-order valence-electron chi connectivity index (χ0n) is 19.5. The van der Waals surface area contributed by atoms with Crippen LogP contribution in [0.4, 0.5) is 26.0 Å². The van der Waals surface area contributed by atoms with Crippen molar-refractivity contribution in [3.05, 3.63) is 48.6 Å². The number of hydrogen-bond acceptors (Lipinski definition) is 8. The van der Waals surface area contributed by atoms with Crippen molar-refractivity contribution in [3.8, 4) is 11.5 Å². The summed E-state index contributed by atoms with van der Waals surface area (Å²) in [6.07, 6.45) is 1.35. The van der Waals surface area contributed by atoms with E-state index in [1.54, 1.807) is 0 Å². The van der Waals surface area contributed by atoms with Crippen LogP contribution >= 0.6 is 0 Å². The summed E-state index contributed by atoms with van der Waals surface area (Å²) < 4.78 is 36.2. The van der Waals surface area contributed by atoms with E-state index in [-0.39, 0.29) is 41.8 Å². The molecular weight excluding hydrogens is 456 g/mol. The number of nitrogens with one attached hydrogen (secondary N) is 1. The number of hydrogen-bond donors (Lipinski definition) is 2. The van der Waals surface area contributed by atoms with Crippen LogP contribution in [-0.4, -0.2) is 34.7 Å². The number of halogens is 2. The molecule has 2 rings (SSSR count). The van der Waals surface area contributed by atoms with Crippen molar-refractivity contribution in [1.82, 2.24) is 9.55 Å². The third-order valence-electron chi connectivity index (χ3n) is 5.00. The van der Waals surface area contributed by atoms with E-state index in [0.29, 0.717) is 13.0 Å². The molecule has 34 heavy (non-hydrogen) atoms.